The first-order chi connectivity index (χ1) is 8.65. The summed E-state index contributed by atoms with van der Waals surface area (Å²) in [6.07, 6.45) is -3.19. The molecule has 19 heavy (non-hydrogen) atoms. The van der Waals surface area contributed by atoms with E-state index >= 15 is 0 Å². The van der Waals surface area contributed by atoms with E-state index in [1.54, 1.807) is 0 Å². The second-order valence-corrected chi connectivity index (χ2v) is 5.55. The molecule has 1 rings (SSSR count). The highest BCUT2D eigenvalue weighted by atomic mass is 32.2. The molecule has 0 unspecified atom stereocenters. The van der Waals surface area contributed by atoms with Crippen LogP contribution >= 0.6 is 0 Å². The molecule has 0 aromatic carbocycles. The molecule has 1 aromatic heterocycles. The van der Waals surface area contributed by atoms with Gasteiger partial charge >= 0.3 is 6.36 Å². The van der Waals surface area contributed by atoms with E-state index in [9.17, 15) is 21.6 Å². The summed E-state index contributed by atoms with van der Waals surface area (Å²) in [6.45, 7) is 2.85. The zero-order valence-electron chi connectivity index (χ0n) is 9.97. The van der Waals surface area contributed by atoms with E-state index in [0.29, 0.717) is 6.21 Å². The summed E-state index contributed by atoms with van der Waals surface area (Å²) in [5.74, 6) is -0.192. The van der Waals surface area contributed by atoms with Crippen molar-refractivity contribution in [1.29, 1.82) is 0 Å². The molecular formula is C9H10F3N3O3S. The number of aryl methyl sites for hydroxylation is 1. The van der Waals surface area contributed by atoms with E-state index in [2.05, 4.69) is 20.0 Å². The number of alkyl halides is 3. The largest absolute Gasteiger partial charge is 0.593 e. The van der Waals surface area contributed by atoms with Gasteiger partial charge in [0.2, 0.25) is 0 Å². The van der Waals surface area contributed by atoms with Gasteiger partial charge in [0.25, 0.3) is 0 Å². The number of halogens is 3. The molecule has 0 spiro atoms. The van der Waals surface area contributed by atoms with Gasteiger partial charge in [0.05, 0.1) is 23.9 Å². The Balaban J connectivity index is 3.04. The highest BCUT2D eigenvalue weighted by molar-refractivity contribution is 7.91. The quantitative estimate of drug-likeness (QED) is 0.620. The Kier molecular flexibility index (Phi) is 4.45. The maximum Gasteiger partial charge on any atom is 0.593 e. The second kappa shape index (κ2) is 5.51. The van der Waals surface area contributed by atoms with Crippen LogP contribution in [0.2, 0.25) is 0 Å². The molecule has 0 aliphatic heterocycles. The van der Waals surface area contributed by atoms with Crippen LogP contribution in [-0.2, 0) is 14.7 Å². The minimum Gasteiger partial charge on any atom is -0.294 e. The lowest BCUT2D eigenvalue weighted by Crippen LogP contribution is -2.12. The predicted molar refractivity (Wildman–Crippen MR) is 59.2 cm³/mol. The van der Waals surface area contributed by atoms with Gasteiger partial charge in [-0.3, -0.25) is 9.82 Å². The first-order valence-corrected chi connectivity index (χ1v) is 6.65. The average molecular weight is 297 g/mol. The van der Waals surface area contributed by atoms with E-state index in [0.717, 1.165) is 6.20 Å². The maximum atomic E-state index is 11.7. The molecule has 106 valence electrons. The molecule has 6 nitrogen and oxygen atoms in total. The number of hydrogen-bond acceptors (Lipinski definition) is 6. The molecular weight excluding hydrogens is 287 g/mol. The molecule has 1 heterocycles. The summed E-state index contributed by atoms with van der Waals surface area (Å²) in [7, 11) is -3.60. The van der Waals surface area contributed by atoms with Crippen LogP contribution in [0.3, 0.4) is 0 Å². The van der Waals surface area contributed by atoms with Crippen molar-refractivity contribution in [2.24, 2.45) is 5.16 Å². The van der Waals surface area contributed by atoms with Crippen molar-refractivity contribution in [3.63, 3.8) is 0 Å². The minimum absolute atomic E-state index is 0.151. The highest BCUT2D eigenvalue weighted by Gasteiger charge is 2.30. The predicted octanol–water partition coefficient (Wildman–Crippen LogP) is 1.45. The van der Waals surface area contributed by atoms with Gasteiger partial charge in [-0.05, 0) is 6.92 Å². The van der Waals surface area contributed by atoms with Crippen LogP contribution in [0, 0.1) is 6.92 Å². The summed E-state index contributed by atoms with van der Waals surface area (Å²) >= 11 is 0. The summed E-state index contributed by atoms with van der Waals surface area (Å²) in [5.41, 5.74) is 0.0117. The second-order valence-electron chi connectivity index (χ2n) is 3.36. The molecule has 0 amide bonds. The van der Waals surface area contributed by atoms with Gasteiger partial charge in [0.1, 0.15) is 5.69 Å². The van der Waals surface area contributed by atoms with Gasteiger partial charge in [-0.1, -0.05) is 12.1 Å². The monoisotopic (exact) mass is 297 g/mol. The van der Waals surface area contributed by atoms with Gasteiger partial charge < -0.3 is 0 Å². The van der Waals surface area contributed by atoms with E-state index < -0.39 is 16.2 Å². The Morgan fingerprint density at radius 2 is 2.11 bits per heavy atom. The SMILES string of the molecule is CCS(=O)(=O)c1nc(/C=N/OC(F)(F)F)cnc1C. The van der Waals surface area contributed by atoms with Crippen molar-refractivity contribution in [2.45, 2.75) is 25.2 Å². The standard InChI is InChI=1S/C9H10F3N3O3S/c1-3-19(16,17)8-6(2)13-4-7(15-8)5-14-18-9(10,11)12/h4-5H,3H2,1-2H3/b14-5+. The molecule has 0 fully saturated rings. The molecule has 0 aliphatic carbocycles. The summed E-state index contributed by atoms with van der Waals surface area (Å²) in [6, 6.07) is 0. The van der Waals surface area contributed by atoms with Crippen LogP contribution in [0.4, 0.5) is 13.2 Å². The fourth-order valence-electron chi connectivity index (χ4n) is 1.08. The molecule has 0 radical (unpaired) electrons. The van der Waals surface area contributed by atoms with Gasteiger partial charge in [0, 0.05) is 0 Å². The van der Waals surface area contributed by atoms with E-state index in [4.69, 9.17) is 0 Å². The first-order valence-electron chi connectivity index (χ1n) is 5.00. The van der Waals surface area contributed by atoms with Crippen molar-refractivity contribution in [1.82, 2.24) is 9.97 Å². The Morgan fingerprint density at radius 3 is 2.63 bits per heavy atom. The van der Waals surface area contributed by atoms with Crippen LogP contribution in [-0.4, -0.2) is 36.7 Å². The lowest BCUT2D eigenvalue weighted by Gasteiger charge is -2.04. The maximum absolute atomic E-state index is 11.7. The van der Waals surface area contributed by atoms with E-state index in [1.165, 1.54) is 13.8 Å². The molecule has 0 bridgehead atoms. The van der Waals surface area contributed by atoms with E-state index in [1.807, 2.05) is 0 Å². The third-order valence-electron chi connectivity index (χ3n) is 1.95. The number of nitrogens with zero attached hydrogens (tertiary/aromatic N) is 3. The number of rotatable bonds is 4. The van der Waals surface area contributed by atoms with Crippen LogP contribution < -0.4 is 0 Å². The highest BCUT2D eigenvalue weighted by Crippen LogP contribution is 2.16. The normalized spacial score (nSPS) is 12.9. The van der Waals surface area contributed by atoms with Crippen LogP contribution in [0.1, 0.15) is 18.3 Å². The lowest BCUT2D eigenvalue weighted by molar-refractivity contribution is -0.325. The van der Waals surface area contributed by atoms with Crippen LogP contribution in [0.5, 0.6) is 0 Å². The number of oxime groups is 1. The van der Waals surface area contributed by atoms with Crippen LogP contribution in [0.25, 0.3) is 0 Å². The van der Waals surface area contributed by atoms with Gasteiger partial charge in [-0.15, -0.1) is 13.2 Å². The molecule has 10 heteroatoms. The Hall–Kier alpha value is -1.71. The number of sulfone groups is 1. The number of aromatic nitrogens is 2. The Morgan fingerprint density at radius 1 is 1.47 bits per heavy atom. The minimum atomic E-state index is -4.91. The van der Waals surface area contributed by atoms with E-state index in [-0.39, 0.29) is 22.2 Å². The third-order valence-corrected chi connectivity index (χ3v) is 3.68. The fraction of sp³-hybridized carbons (Fsp3) is 0.444. The van der Waals surface area contributed by atoms with Crippen molar-refractivity contribution >= 4 is 16.1 Å². The topological polar surface area (TPSA) is 81.5 Å². The lowest BCUT2D eigenvalue weighted by atomic mass is 10.4. The zero-order chi connectivity index (χ0) is 14.7. The van der Waals surface area contributed by atoms with Crippen molar-refractivity contribution in [2.75, 3.05) is 5.75 Å². The van der Waals surface area contributed by atoms with Crippen molar-refractivity contribution < 1.29 is 26.4 Å². The Bertz CT molecular complexity index is 584. The molecule has 0 atom stereocenters. The van der Waals surface area contributed by atoms with Gasteiger partial charge in [-0.2, -0.15) is 0 Å². The van der Waals surface area contributed by atoms with Crippen molar-refractivity contribution in [3.05, 3.63) is 17.6 Å². The van der Waals surface area contributed by atoms with Gasteiger partial charge in [0.15, 0.2) is 14.9 Å². The van der Waals surface area contributed by atoms with Crippen LogP contribution in [0.15, 0.2) is 16.4 Å². The van der Waals surface area contributed by atoms with Crippen molar-refractivity contribution in [3.8, 4) is 0 Å². The molecule has 0 N–H and O–H groups in total. The average Bonchev–Trinajstić information content (AvgIpc) is 2.29. The first kappa shape index (κ1) is 15.3. The fourth-order valence-corrected chi connectivity index (χ4v) is 2.10. The molecule has 1 aromatic rings. The number of hydrogen-bond donors (Lipinski definition) is 0. The summed E-state index contributed by atoms with van der Waals surface area (Å²) in [5, 5.41) is 2.36. The zero-order valence-corrected chi connectivity index (χ0v) is 10.8. The van der Waals surface area contributed by atoms with Gasteiger partial charge in [-0.25, -0.2) is 13.4 Å². The summed E-state index contributed by atoms with van der Waals surface area (Å²) < 4.78 is 58.3. The third kappa shape index (κ3) is 4.47. The smallest absolute Gasteiger partial charge is 0.294 e. The summed E-state index contributed by atoms with van der Waals surface area (Å²) in [4.78, 5) is 10.6. The molecule has 0 saturated heterocycles. The Labute approximate surface area is 107 Å². The molecule has 0 saturated carbocycles. The molecule has 0 aliphatic rings.